The normalized spacial score (nSPS) is 10.2. The fourth-order valence-corrected chi connectivity index (χ4v) is 1.42. The SMILES string of the molecule is CCOC(=O)c1ccc(OC)c(NC(=O)C(C)C)c1. The summed E-state index contributed by atoms with van der Waals surface area (Å²) in [6, 6.07) is 4.78. The maximum atomic E-state index is 11.7. The number of hydrogen-bond donors (Lipinski definition) is 1. The van der Waals surface area contributed by atoms with Crippen LogP contribution in [0.15, 0.2) is 18.2 Å². The molecule has 0 bridgehead atoms. The highest BCUT2D eigenvalue weighted by Crippen LogP contribution is 2.26. The Morgan fingerprint density at radius 2 is 2.00 bits per heavy atom. The average molecular weight is 265 g/mol. The summed E-state index contributed by atoms with van der Waals surface area (Å²) >= 11 is 0. The minimum Gasteiger partial charge on any atom is -0.495 e. The molecule has 0 unspecified atom stereocenters. The monoisotopic (exact) mass is 265 g/mol. The summed E-state index contributed by atoms with van der Waals surface area (Å²) in [7, 11) is 1.50. The second-order valence-corrected chi connectivity index (χ2v) is 4.28. The van der Waals surface area contributed by atoms with Crippen LogP contribution < -0.4 is 10.1 Å². The maximum absolute atomic E-state index is 11.7. The van der Waals surface area contributed by atoms with E-state index in [0.29, 0.717) is 23.6 Å². The molecule has 5 nitrogen and oxygen atoms in total. The van der Waals surface area contributed by atoms with Crippen LogP contribution in [0.3, 0.4) is 0 Å². The third-order valence-electron chi connectivity index (χ3n) is 2.49. The molecule has 0 saturated carbocycles. The molecule has 1 amide bonds. The topological polar surface area (TPSA) is 64.6 Å². The molecule has 0 heterocycles. The van der Waals surface area contributed by atoms with Crippen molar-refractivity contribution in [1.82, 2.24) is 0 Å². The van der Waals surface area contributed by atoms with Gasteiger partial charge in [0.1, 0.15) is 5.75 Å². The highest BCUT2D eigenvalue weighted by atomic mass is 16.5. The van der Waals surface area contributed by atoms with Crippen molar-refractivity contribution in [3.63, 3.8) is 0 Å². The smallest absolute Gasteiger partial charge is 0.338 e. The summed E-state index contributed by atoms with van der Waals surface area (Å²) in [5, 5.41) is 2.73. The minimum absolute atomic E-state index is 0.140. The van der Waals surface area contributed by atoms with Gasteiger partial charge in [-0.3, -0.25) is 4.79 Å². The Labute approximate surface area is 112 Å². The predicted molar refractivity (Wildman–Crippen MR) is 72.4 cm³/mol. The zero-order chi connectivity index (χ0) is 14.4. The lowest BCUT2D eigenvalue weighted by atomic mass is 10.1. The fraction of sp³-hybridized carbons (Fsp3) is 0.429. The Morgan fingerprint density at radius 3 is 2.53 bits per heavy atom. The van der Waals surface area contributed by atoms with Crippen LogP contribution in [0.5, 0.6) is 5.75 Å². The van der Waals surface area contributed by atoms with Gasteiger partial charge in [0, 0.05) is 5.92 Å². The molecule has 1 aromatic rings. The van der Waals surface area contributed by atoms with Gasteiger partial charge in [-0.15, -0.1) is 0 Å². The van der Waals surface area contributed by atoms with Gasteiger partial charge in [-0.2, -0.15) is 0 Å². The predicted octanol–water partition coefficient (Wildman–Crippen LogP) is 2.47. The van der Waals surface area contributed by atoms with Crippen LogP contribution >= 0.6 is 0 Å². The Kier molecular flexibility index (Phi) is 5.36. The molecule has 1 rings (SSSR count). The molecule has 0 aliphatic carbocycles. The van der Waals surface area contributed by atoms with Gasteiger partial charge in [0.25, 0.3) is 0 Å². The number of ether oxygens (including phenoxy) is 2. The van der Waals surface area contributed by atoms with Gasteiger partial charge in [-0.1, -0.05) is 13.8 Å². The molecule has 5 heteroatoms. The standard InChI is InChI=1S/C14H19NO4/c1-5-19-14(17)10-6-7-12(18-4)11(8-10)15-13(16)9(2)3/h6-9H,5H2,1-4H3,(H,15,16). The van der Waals surface area contributed by atoms with Crippen molar-refractivity contribution in [2.75, 3.05) is 19.0 Å². The maximum Gasteiger partial charge on any atom is 0.338 e. The first kappa shape index (κ1) is 15.0. The van der Waals surface area contributed by atoms with Gasteiger partial charge >= 0.3 is 5.97 Å². The molecular weight excluding hydrogens is 246 g/mol. The zero-order valence-electron chi connectivity index (χ0n) is 11.6. The van der Waals surface area contributed by atoms with E-state index in [2.05, 4.69) is 5.32 Å². The quantitative estimate of drug-likeness (QED) is 0.831. The van der Waals surface area contributed by atoms with E-state index in [4.69, 9.17) is 9.47 Å². The molecule has 104 valence electrons. The van der Waals surface area contributed by atoms with E-state index >= 15 is 0 Å². The number of benzene rings is 1. The Balaban J connectivity index is 3.02. The highest BCUT2D eigenvalue weighted by Gasteiger charge is 2.14. The van der Waals surface area contributed by atoms with Crippen LogP contribution in [-0.4, -0.2) is 25.6 Å². The number of carbonyl (C=O) groups is 2. The number of amides is 1. The number of rotatable bonds is 5. The van der Waals surface area contributed by atoms with Crippen molar-refractivity contribution in [2.45, 2.75) is 20.8 Å². The van der Waals surface area contributed by atoms with Crippen molar-refractivity contribution in [3.8, 4) is 5.75 Å². The Morgan fingerprint density at radius 1 is 1.32 bits per heavy atom. The Hall–Kier alpha value is -2.04. The van der Waals surface area contributed by atoms with Gasteiger partial charge < -0.3 is 14.8 Å². The molecule has 0 aromatic heterocycles. The minimum atomic E-state index is -0.426. The first-order valence-corrected chi connectivity index (χ1v) is 6.15. The van der Waals surface area contributed by atoms with Gasteiger partial charge in [0.05, 0.1) is 25.0 Å². The van der Waals surface area contributed by atoms with Crippen molar-refractivity contribution in [2.24, 2.45) is 5.92 Å². The number of esters is 1. The van der Waals surface area contributed by atoms with Gasteiger partial charge in [0.15, 0.2) is 0 Å². The summed E-state index contributed by atoms with van der Waals surface area (Å²) in [6.07, 6.45) is 0. The molecule has 1 N–H and O–H groups in total. The van der Waals surface area contributed by atoms with Crippen LogP contribution in [0.25, 0.3) is 0 Å². The largest absolute Gasteiger partial charge is 0.495 e. The number of methoxy groups -OCH3 is 1. The molecule has 0 atom stereocenters. The lowest BCUT2D eigenvalue weighted by Gasteiger charge is -2.13. The number of hydrogen-bond acceptors (Lipinski definition) is 4. The van der Waals surface area contributed by atoms with Gasteiger partial charge in [0.2, 0.25) is 5.91 Å². The lowest BCUT2D eigenvalue weighted by molar-refractivity contribution is -0.118. The molecule has 0 fully saturated rings. The van der Waals surface area contributed by atoms with Gasteiger partial charge in [-0.05, 0) is 25.1 Å². The van der Waals surface area contributed by atoms with E-state index in [9.17, 15) is 9.59 Å². The van der Waals surface area contributed by atoms with E-state index in [1.807, 2.05) is 0 Å². The Bertz CT molecular complexity index is 469. The van der Waals surface area contributed by atoms with Crippen molar-refractivity contribution in [1.29, 1.82) is 0 Å². The van der Waals surface area contributed by atoms with Crippen LogP contribution in [0.2, 0.25) is 0 Å². The third kappa shape index (κ3) is 3.98. The van der Waals surface area contributed by atoms with Crippen molar-refractivity contribution < 1.29 is 19.1 Å². The van der Waals surface area contributed by atoms with Crippen molar-refractivity contribution >= 4 is 17.6 Å². The summed E-state index contributed by atoms with van der Waals surface area (Å²) in [6.45, 7) is 5.62. The molecular formula is C14H19NO4. The first-order valence-electron chi connectivity index (χ1n) is 6.15. The molecule has 0 spiro atoms. The van der Waals surface area contributed by atoms with E-state index < -0.39 is 5.97 Å². The van der Waals surface area contributed by atoms with Crippen LogP contribution in [-0.2, 0) is 9.53 Å². The highest BCUT2D eigenvalue weighted by molar-refractivity contribution is 5.96. The molecule has 1 aromatic carbocycles. The second kappa shape index (κ2) is 6.78. The molecule has 0 aliphatic rings. The fourth-order valence-electron chi connectivity index (χ4n) is 1.42. The van der Waals surface area contributed by atoms with Crippen LogP contribution in [0.4, 0.5) is 5.69 Å². The van der Waals surface area contributed by atoms with E-state index in [1.54, 1.807) is 39.0 Å². The number of nitrogens with one attached hydrogen (secondary N) is 1. The summed E-state index contributed by atoms with van der Waals surface area (Å²) in [5.74, 6) is -0.220. The molecule has 0 saturated heterocycles. The molecule has 19 heavy (non-hydrogen) atoms. The summed E-state index contributed by atoms with van der Waals surface area (Å²) in [4.78, 5) is 23.3. The van der Waals surface area contributed by atoms with Gasteiger partial charge in [-0.25, -0.2) is 4.79 Å². The van der Waals surface area contributed by atoms with Crippen molar-refractivity contribution in [3.05, 3.63) is 23.8 Å². The van der Waals surface area contributed by atoms with E-state index in [-0.39, 0.29) is 11.8 Å². The average Bonchev–Trinajstić information content (AvgIpc) is 2.38. The van der Waals surface area contributed by atoms with Crippen LogP contribution in [0.1, 0.15) is 31.1 Å². The lowest BCUT2D eigenvalue weighted by Crippen LogP contribution is -2.18. The third-order valence-corrected chi connectivity index (χ3v) is 2.49. The van der Waals surface area contributed by atoms with E-state index in [1.165, 1.54) is 7.11 Å². The first-order chi connectivity index (χ1) is 8.99. The molecule has 0 aliphatic heterocycles. The summed E-state index contributed by atoms with van der Waals surface area (Å²) in [5.41, 5.74) is 0.841. The second-order valence-electron chi connectivity index (χ2n) is 4.28. The zero-order valence-corrected chi connectivity index (χ0v) is 11.6. The number of anilines is 1. The van der Waals surface area contributed by atoms with E-state index in [0.717, 1.165) is 0 Å². The molecule has 0 radical (unpaired) electrons. The number of carbonyl (C=O) groups excluding carboxylic acids is 2. The summed E-state index contributed by atoms with van der Waals surface area (Å²) < 4.78 is 10.1. The van der Waals surface area contributed by atoms with Crippen LogP contribution in [0, 0.1) is 5.92 Å².